The monoisotopic (exact) mass is 274 g/mol. The molecule has 2 rings (SSSR count). The predicted octanol–water partition coefficient (Wildman–Crippen LogP) is 1.81. The fourth-order valence-corrected chi connectivity index (χ4v) is 1.89. The number of nitrogens with zero attached hydrogens (tertiary/aromatic N) is 2. The van der Waals surface area contributed by atoms with E-state index in [1.807, 2.05) is 17.7 Å². The highest BCUT2D eigenvalue weighted by atomic mass is 16.5. The maximum atomic E-state index is 11.9. The minimum Gasteiger partial charge on any atom is -0.494 e. The minimum atomic E-state index is -0.0822. The largest absolute Gasteiger partial charge is 0.494 e. The summed E-state index contributed by atoms with van der Waals surface area (Å²) in [4.78, 5) is 16.1. The van der Waals surface area contributed by atoms with Gasteiger partial charge in [0.05, 0.1) is 12.8 Å². The Bertz CT molecular complexity index is 607. The Morgan fingerprint density at radius 3 is 2.95 bits per heavy atom. The number of carbonyl (C=O) groups is 1. The first-order valence-corrected chi connectivity index (χ1v) is 6.31. The number of aryl methyl sites for hydroxylation is 2. The zero-order chi connectivity index (χ0) is 14.5. The molecule has 0 aliphatic carbocycles. The molecule has 0 unspecified atom stereocenters. The molecule has 1 amide bonds. The van der Waals surface area contributed by atoms with Crippen LogP contribution in [0.5, 0.6) is 5.75 Å². The minimum absolute atomic E-state index is 0.0822. The number of methoxy groups -OCH3 is 1. The van der Waals surface area contributed by atoms with E-state index in [2.05, 4.69) is 10.3 Å². The van der Waals surface area contributed by atoms with Crippen molar-refractivity contribution in [3.63, 3.8) is 0 Å². The lowest BCUT2D eigenvalue weighted by atomic mass is 10.2. The van der Waals surface area contributed by atoms with Crippen LogP contribution in [0.3, 0.4) is 0 Å². The molecule has 0 saturated carbocycles. The van der Waals surface area contributed by atoms with Crippen LogP contribution >= 0.6 is 0 Å². The first-order valence-electron chi connectivity index (χ1n) is 6.31. The fraction of sp³-hybridized carbons (Fsp3) is 0.286. The average Bonchev–Trinajstić information content (AvgIpc) is 2.84. The molecule has 20 heavy (non-hydrogen) atoms. The molecule has 0 aliphatic rings. The molecule has 1 heterocycles. The summed E-state index contributed by atoms with van der Waals surface area (Å²) in [5, 5.41) is 2.82. The van der Waals surface area contributed by atoms with Gasteiger partial charge in [-0.25, -0.2) is 4.98 Å². The van der Waals surface area contributed by atoms with Crippen LogP contribution in [0.2, 0.25) is 0 Å². The summed E-state index contributed by atoms with van der Waals surface area (Å²) in [6.45, 7) is 2.50. The lowest BCUT2D eigenvalue weighted by Gasteiger charge is -2.11. The van der Waals surface area contributed by atoms with E-state index in [9.17, 15) is 4.79 Å². The third-order valence-electron chi connectivity index (χ3n) is 3.00. The highest BCUT2D eigenvalue weighted by Crippen LogP contribution is 2.26. The second kappa shape index (κ2) is 6.10. The molecular formula is C14H18N4O2. The number of hydrogen-bond donors (Lipinski definition) is 2. The van der Waals surface area contributed by atoms with Crippen molar-refractivity contribution in [2.45, 2.75) is 19.9 Å². The molecule has 0 atom stereocenters. The number of rotatable bonds is 5. The van der Waals surface area contributed by atoms with Gasteiger partial charge >= 0.3 is 0 Å². The van der Waals surface area contributed by atoms with Crippen molar-refractivity contribution in [3.8, 4) is 5.75 Å². The number of amides is 1. The standard InChI is InChI=1S/C14H18N4O2/c1-10-16-6-8-18(10)7-5-14(19)17-12-4-3-11(15)9-13(12)20-2/h3-4,6,8-9H,5,7,15H2,1-2H3,(H,17,19). The number of benzene rings is 1. The molecule has 2 aromatic rings. The van der Waals surface area contributed by atoms with E-state index in [0.717, 1.165) is 5.82 Å². The van der Waals surface area contributed by atoms with Gasteiger partial charge in [0, 0.05) is 37.1 Å². The SMILES string of the molecule is COc1cc(N)ccc1NC(=O)CCn1ccnc1C. The Morgan fingerprint density at radius 2 is 2.30 bits per heavy atom. The zero-order valence-corrected chi connectivity index (χ0v) is 11.6. The third kappa shape index (κ3) is 3.28. The van der Waals surface area contributed by atoms with Gasteiger partial charge in [0.15, 0.2) is 0 Å². The van der Waals surface area contributed by atoms with Crippen LogP contribution in [0.4, 0.5) is 11.4 Å². The smallest absolute Gasteiger partial charge is 0.226 e. The number of imidazole rings is 1. The Labute approximate surface area is 117 Å². The van der Waals surface area contributed by atoms with E-state index >= 15 is 0 Å². The maximum Gasteiger partial charge on any atom is 0.226 e. The second-order valence-electron chi connectivity index (χ2n) is 4.43. The van der Waals surface area contributed by atoms with Crippen LogP contribution in [0, 0.1) is 6.92 Å². The van der Waals surface area contributed by atoms with Gasteiger partial charge in [-0.2, -0.15) is 0 Å². The van der Waals surface area contributed by atoms with E-state index in [1.165, 1.54) is 0 Å². The molecule has 0 radical (unpaired) electrons. The predicted molar refractivity (Wildman–Crippen MR) is 77.6 cm³/mol. The van der Waals surface area contributed by atoms with E-state index in [0.29, 0.717) is 30.1 Å². The molecule has 1 aromatic carbocycles. The van der Waals surface area contributed by atoms with Gasteiger partial charge in [0.1, 0.15) is 11.6 Å². The molecular weight excluding hydrogens is 256 g/mol. The molecule has 1 aromatic heterocycles. The van der Waals surface area contributed by atoms with Gasteiger partial charge in [-0.3, -0.25) is 4.79 Å². The summed E-state index contributed by atoms with van der Waals surface area (Å²) in [5.41, 5.74) is 6.88. The lowest BCUT2D eigenvalue weighted by Crippen LogP contribution is -2.15. The highest BCUT2D eigenvalue weighted by molar-refractivity contribution is 5.92. The third-order valence-corrected chi connectivity index (χ3v) is 3.00. The molecule has 106 valence electrons. The van der Waals surface area contributed by atoms with Crippen molar-refractivity contribution in [1.29, 1.82) is 0 Å². The first kappa shape index (κ1) is 13.9. The van der Waals surface area contributed by atoms with Gasteiger partial charge in [-0.05, 0) is 19.1 Å². The number of aromatic nitrogens is 2. The number of carbonyl (C=O) groups excluding carboxylic acids is 1. The van der Waals surface area contributed by atoms with Crippen molar-refractivity contribution in [1.82, 2.24) is 9.55 Å². The molecule has 0 saturated heterocycles. The number of nitrogens with one attached hydrogen (secondary N) is 1. The summed E-state index contributed by atoms with van der Waals surface area (Å²) in [5.74, 6) is 1.36. The van der Waals surface area contributed by atoms with Crippen LogP contribution < -0.4 is 15.8 Å². The van der Waals surface area contributed by atoms with Gasteiger partial charge in [-0.15, -0.1) is 0 Å². The Morgan fingerprint density at radius 1 is 1.50 bits per heavy atom. The van der Waals surface area contributed by atoms with Gasteiger partial charge in [-0.1, -0.05) is 0 Å². The number of anilines is 2. The molecule has 6 heteroatoms. The number of hydrogen-bond acceptors (Lipinski definition) is 4. The summed E-state index contributed by atoms with van der Waals surface area (Å²) in [6, 6.07) is 5.13. The second-order valence-corrected chi connectivity index (χ2v) is 4.43. The normalized spacial score (nSPS) is 10.3. The first-order chi connectivity index (χ1) is 9.60. The molecule has 0 bridgehead atoms. The quantitative estimate of drug-likeness (QED) is 0.815. The number of nitrogen functional groups attached to an aromatic ring is 1. The number of ether oxygens (including phenoxy) is 1. The summed E-state index contributed by atoms with van der Waals surface area (Å²) < 4.78 is 7.12. The van der Waals surface area contributed by atoms with Gasteiger partial charge < -0.3 is 20.4 Å². The number of nitrogens with two attached hydrogens (primary N) is 1. The Kier molecular flexibility index (Phi) is 4.24. The van der Waals surface area contributed by atoms with Crippen molar-refractivity contribution in [2.24, 2.45) is 0 Å². The highest BCUT2D eigenvalue weighted by Gasteiger charge is 2.08. The fourth-order valence-electron chi connectivity index (χ4n) is 1.89. The Hall–Kier alpha value is -2.50. The zero-order valence-electron chi connectivity index (χ0n) is 11.6. The van der Waals surface area contributed by atoms with Crippen molar-refractivity contribution < 1.29 is 9.53 Å². The van der Waals surface area contributed by atoms with Gasteiger partial charge in [0.2, 0.25) is 5.91 Å². The van der Waals surface area contributed by atoms with Crippen molar-refractivity contribution >= 4 is 17.3 Å². The van der Waals surface area contributed by atoms with Crippen molar-refractivity contribution in [3.05, 3.63) is 36.4 Å². The van der Waals surface area contributed by atoms with Crippen LogP contribution in [-0.2, 0) is 11.3 Å². The van der Waals surface area contributed by atoms with Crippen LogP contribution in [0.15, 0.2) is 30.6 Å². The van der Waals surface area contributed by atoms with Gasteiger partial charge in [0.25, 0.3) is 0 Å². The molecule has 0 spiro atoms. The Balaban J connectivity index is 1.96. The molecule has 0 aliphatic heterocycles. The summed E-state index contributed by atoms with van der Waals surface area (Å²) >= 11 is 0. The van der Waals surface area contributed by atoms with Crippen molar-refractivity contribution in [2.75, 3.05) is 18.2 Å². The van der Waals surface area contributed by atoms with E-state index in [4.69, 9.17) is 10.5 Å². The summed E-state index contributed by atoms with van der Waals surface area (Å²) in [7, 11) is 1.54. The maximum absolute atomic E-state index is 11.9. The molecule has 6 nitrogen and oxygen atoms in total. The van der Waals surface area contributed by atoms with Crippen LogP contribution in [-0.4, -0.2) is 22.6 Å². The topological polar surface area (TPSA) is 82.2 Å². The molecule has 3 N–H and O–H groups in total. The van der Waals surface area contributed by atoms with Crippen LogP contribution in [0.1, 0.15) is 12.2 Å². The van der Waals surface area contributed by atoms with Crippen LogP contribution in [0.25, 0.3) is 0 Å². The van der Waals surface area contributed by atoms with E-state index < -0.39 is 0 Å². The van der Waals surface area contributed by atoms with E-state index in [1.54, 1.807) is 31.5 Å². The van der Waals surface area contributed by atoms with E-state index in [-0.39, 0.29) is 5.91 Å². The average molecular weight is 274 g/mol. The lowest BCUT2D eigenvalue weighted by molar-refractivity contribution is -0.116. The summed E-state index contributed by atoms with van der Waals surface area (Å²) in [6.07, 6.45) is 3.94. The molecule has 0 fully saturated rings.